The van der Waals surface area contributed by atoms with Crippen molar-refractivity contribution < 1.29 is 33.1 Å². The van der Waals surface area contributed by atoms with E-state index in [1.807, 2.05) is 0 Å². The molecule has 0 fully saturated rings. The molecule has 1 heterocycles. The first-order valence-electron chi connectivity index (χ1n) is 2.92. The summed E-state index contributed by atoms with van der Waals surface area (Å²) >= 11 is 4.67. The Labute approximate surface area is 99.4 Å². The smallest absolute Gasteiger partial charge is 0.582 e. The molecule has 14 heavy (non-hydrogen) atoms. The number of pyridine rings is 1. The molecule has 0 aliphatic rings. The Morgan fingerprint density at radius 1 is 1.36 bits per heavy atom. The zero-order chi connectivity index (χ0) is 10.5. The number of hydrogen-bond donors (Lipinski definition) is 1. The summed E-state index contributed by atoms with van der Waals surface area (Å²) in [4.78, 5) is 0. The van der Waals surface area contributed by atoms with Crippen molar-refractivity contribution in [2.45, 2.75) is 0 Å². The molecule has 3 N–H and O–H groups in total. The van der Waals surface area contributed by atoms with E-state index in [1.54, 1.807) is 18.2 Å². The van der Waals surface area contributed by atoms with Crippen LogP contribution in [0.1, 0.15) is 0 Å². The van der Waals surface area contributed by atoms with Crippen molar-refractivity contribution in [3.63, 3.8) is 0 Å². The molecular weight excluding hydrogens is 280 g/mol. The maximum absolute atomic E-state index is 8.97. The Hall–Kier alpha value is -0.337. The van der Waals surface area contributed by atoms with Gasteiger partial charge in [-0.2, -0.15) is 4.73 Å². The molecule has 0 radical (unpaired) electrons. The molecule has 0 unspecified atom stereocenters. The van der Waals surface area contributed by atoms with Gasteiger partial charge in [0.2, 0.25) is 0 Å². The molecule has 9 heteroatoms. The van der Waals surface area contributed by atoms with Crippen LogP contribution in [0.5, 0.6) is 0 Å². The SMILES string of the molecule is On1ccccc1=S.[NH-]S([NH-])(=O)=O.[Zn+2]. The molecule has 74 valence electrons. The minimum Gasteiger partial charge on any atom is -0.582 e. The van der Waals surface area contributed by atoms with Gasteiger partial charge in [-0.3, -0.25) is 8.42 Å². The third kappa shape index (κ3) is 11.7. The van der Waals surface area contributed by atoms with Gasteiger partial charge < -0.3 is 15.5 Å². The van der Waals surface area contributed by atoms with Gasteiger partial charge in [0.05, 0.1) is 0 Å². The van der Waals surface area contributed by atoms with Crippen molar-refractivity contribution in [3.05, 3.63) is 39.3 Å². The summed E-state index contributed by atoms with van der Waals surface area (Å²) in [5.41, 5.74) is 0. The first kappa shape index (κ1) is 16.1. The van der Waals surface area contributed by atoms with Gasteiger partial charge >= 0.3 is 19.5 Å². The van der Waals surface area contributed by atoms with Crippen LogP contribution in [0.3, 0.4) is 0 Å². The fourth-order valence-electron chi connectivity index (χ4n) is 0.419. The molecule has 0 amide bonds. The monoisotopic (exact) mass is 285 g/mol. The van der Waals surface area contributed by atoms with Crippen LogP contribution in [0, 0.1) is 4.64 Å². The zero-order valence-electron chi connectivity index (χ0n) is 7.04. The minimum atomic E-state index is -4.17. The third-order valence-electron chi connectivity index (χ3n) is 0.803. The van der Waals surface area contributed by atoms with Gasteiger partial charge in [0.15, 0.2) is 0 Å². The fraction of sp³-hybridized carbons (Fsp3) is 0. The second-order valence-corrected chi connectivity index (χ2v) is 3.31. The van der Waals surface area contributed by atoms with Crippen LogP contribution in [-0.2, 0) is 29.7 Å². The van der Waals surface area contributed by atoms with E-state index in [-0.39, 0.29) is 19.5 Å². The summed E-state index contributed by atoms with van der Waals surface area (Å²) in [6.07, 6.45) is 1.49. The maximum atomic E-state index is 8.97. The van der Waals surface area contributed by atoms with Crippen molar-refractivity contribution in [2.75, 3.05) is 0 Å². The van der Waals surface area contributed by atoms with E-state index in [9.17, 15) is 0 Å². The van der Waals surface area contributed by atoms with Crippen molar-refractivity contribution in [1.29, 1.82) is 0 Å². The average molecular weight is 287 g/mol. The standard InChI is InChI=1S/C5H5NOS.H2N2O2S.Zn/c7-6-4-2-1-3-5(6)8;1-5(2,3)4;/h1-4,7H;(H2-2,1,2,3,4);/q;-2;+2. The van der Waals surface area contributed by atoms with Crippen molar-refractivity contribution in [2.24, 2.45) is 0 Å². The Bertz CT molecular complexity index is 408. The van der Waals surface area contributed by atoms with Crippen LogP contribution < -0.4 is 0 Å². The molecule has 1 aromatic rings. The van der Waals surface area contributed by atoms with Crippen LogP contribution >= 0.6 is 12.2 Å². The molecule has 1 rings (SSSR count). The zero-order valence-corrected chi connectivity index (χ0v) is 11.6. The molecular formula is C5H7N3O3S2Zn. The van der Waals surface area contributed by atoms with E-state index >= 15 is 0 Å². The van der Waals surface area contributed by atoms with Gasteiger partial charge in [-0.1, -0.05) is 18.3 Å². The topological polar surface area (TPSA) is 107 Å². The predicted molar refractivity (Wildman–Crippen MR) is 50.0 cm³/mol. The largest absolute Gasteiger partial charge is 2.00 e. The molecule has 6 nitrogen and oxygen atoms in total. The van der Waals surface area contributed by atoms with Crippen LogP contribution in [-0.4, -0.2) is 18.4 Å². The van der Waals surface area contributed by atoms with E-state index in [1.165, 1.54) is 6.20 Å². The van der Waals surface area contributed by atoms with Gasteiger partial charge in [-0.05, 0) is 22.3 Å². The predicted octanol–water partition coefficient (Wildman–Crippen LogP) is 1.79. The first-order valence-corrected chi connectivity index (χ1v) is 4.81. The average Bonchev–Trinajstić information content (AvgIpc) is 1.92. The van der Waals surface area contributed by atoms with Gasteiger partial charge in [-0.15, -0.1) is 0 Å². The van der Waals surface area contributed by atoms with E-state index in [2.05, 4.69) is 12.2 Å². The maximum Gasteiger partial charge on any atom is 2.00 e. The number of rotatable bonds is 0. The molecule has 0 spiro atoms. The Morgan fingerprint density at radius 3 is 2.00 bits per heavy atom. The summed E-state index contributed by atoms with van der Waals surface area (Å²) in [6.45, 7) is 0. The second-order valence-electron chi connectivity index (χ2n) is 1.89. The summed E-state index contributed by atoms with van der Waals surface area (Å²) in [6, 6.07) is 5.13. The second kappa shape index (κ2) is 7.02. The Kier molecular flexibility index (Phi) is 8.08. The molecule has 0 aromatic carbocycles. The van der Waals surface area contributed by atoms with Gasteiger partial charge in [0.25, 0.3) is 0 Å². The molecule has 1 aromatic heterocycles. The molecule has 0 saturated carbocycles. The van der Waals surface area contributed by atoms with Gasteiger partial charge in [0.1, 0.15) is 4.64 Å². The van der Waals surface area contributed by atoms with Gasteiger partial charge in [-0.25, -0.2) is 0 Å². The Morgan fingerprint density at radius 2 is 1.79 bits per heavy atom. The van der Waals surface area contributed by atoms with Crippen LogP contribution in [0.2, 0.25) is 0 Å². The van der Waals surface area contributed by atoms with Crippen molar-refractivity contribution in [3.8, 4) is 0 Å². The summed E-state index contributed by atoms with van der Waals surface area (Å²) in [7, 11) is -4.17. The van der Waals surface area contributed by atoms with E-state index < -0.39 is 10.2 Å². The molecule has 0 aliphatic heterocycles. The van der Waals surface area contributed by atoms with Gasteiger partial charge in [0, 0.05) is 6.20 Å². The summed E-state index contributed by atoms with van der Waals surface area (Å²) in [5.74, 6) is 0. The number of hydrogen-bond acceptors (Lipinski definition) is 4. The normalized spacial score (nSPS) is 9.29. The minimum absolute atomic E-state index is 0. The van der Waals surface area contributed by atoms with Crippen LogP contribution in [0.4, 0.5) is 0 Å². The van der Waals surface area contributed by atoms with Crippen molar-refractivity contribution in [1.82, 2.24) is 4.73 Å². The fourth-order valence-corrected chi connectivity index (χ4v) is 0.558. The van der Waals surface area contributed by atoms with Crippen LogP contribution in [0.25, 0.3) is 10.3 Å². The van der Waals surface area contributed by atoms with Crippen LogP contribution in [0.15, 0.2) is 24.4 Å². The Balaban J connectivity index is 0. The molecule has 0 aliphatic carbocycles. The number of nitrogens with zero attached hydrogens (tertiary/aromatic N) is 1. The molecule has 0 atom stereocenters. The number of aromatic nitrogens is 1. The third-order valence-corrected chi connectivity index (χ3v) is 1.13. The molecule has 0 saturated heterocycles. The summed E-state index contributed by atoms with van der Waals surface area (Å²) in [5, 5.41) is 19.9. The van der Waals surface area contributed by atoms with E-state index in [4.69, 9.17) is 23.9 Å². The van der Waals surface area contributed by atoms with E-state index in [0.29, 0.717) is 4.64 Å². The first-order chi connectivity index (χ1) is 5.80. The molecule has 0 bridgehead atoms. The van der Waals surface area contributed by atoms with E-state index in [0.717, 1.165) is 4.73 Å². The number of nitrogens with one attached hydrogen (secondary N) is 2. The van der Waals surface area contributed by atoms with Crippen molar-refractivity contribution >= 4 is 22.4 Å². The quantitative estimate of drug-likeness (QED) is 0.445. The summed E-state index contributed by atoms with van der Waals surface area (Å²) < 4.78 is 19.3.